The predicted octanol–water partition coefficient (Wildman–Crippen LogP) is 4.20. The average Bonchev–Trinajstić information content (AvgIpc) is 3.36. The van der Waals surface area contributed by atoms with Gasteiger partial charge in [0, 0.05) is 13.1 Å². The molecule has 2 aromatic heterocycles. The molecule has 27 heavy (non-hydrogen) atoms. The predicted molar refractivity (Wildman–Crippen MR) is 110 cm³/mol. The fourth-order valence-corrected chi connectivity index (χ4v) is 4.04. The van der Waals surface area contributed by atoms with E-state index in [1.165, 1.54) is 11.1 Å². The van der Waals surface area contributed by atoms with Crippen LogP contribution in [0.4, 0.5) is 10.3 Å². The summed E-state index contributed by atoms with van der Waals surface area (Å²) in [5, 5.41) is 27.0. The van der Waals surface area contributed by atoms with Gasteiger partial charge in [-0.05, 0) is 11.1 Å². The topological polar surface area (TPSA) is 75.6 Å². The Bertz CT molecular complexity index is 888. The van der Waals surface area contributed by atoms with Crippen molar-refractivity contribution in [3.63, 3.8) is 0 Å². The van der Waals surface area contributed by atoms with Crippen molar-refractivity contribution in [2.45, 2.75) is 19.5 Å². The van der Waals surface area contributed by atoms with E-state index in [4.69, 9.17) is 0 Å². The van der Waals surface area contributed by atoms with Crippen LogP contribution in [0.1, 0.15) is 21.1 Å². The molecule has 0 aliphatic heterocycles. The van der Waals surface area contributed by atoms with Gasteiger partial charge in [0.05, 0.1) is 6.42 Å². The van der Waals surface area contributed by atoms with Crippen molar-refractivity contribution in [1.82, 2.24) is 20.4 Å². The first kappa shape index (κ1) is 17.6. The summed E-state index contributed by atoms with van der Waals surface area (Å²) in [6, 6.07) is 20.5. The molecule has 2 aromatic carbocycles. The van der Waals surface area contributed by atoms with Crippen molar-refractivity contribution in [3.8, 4) is 0 Å². The molecule has 0 atom stereocenters. The highest BCUT2D eigenvalue weighted by atomic mass is 32.1. The van der Waals surface area contributed by atoms with Gasteiger partial charge in [-0.25, -0.2) is 0 Å². The quantitative estimate of drug-likeness (QED) is 0.466. The molecule has 6 nitrogen and oxygen atoms in total. The lowest BCUT2D eigenvalue weighted by Crippen LogP contribution is -1.98. The van der Waals surface area contributed by atoms with Crippen molar-refractivity contribution >= 4 is 32.9 Å². The van der Waals surface area contributed by atoms with Crippen LogP contribution < -0.4 is 10.6 Å². The maximum Gasteiger partial charge on any atom is 0.205 e. The first-order valence-corrected chi connectivity index (χ1v) is 10.2. The maximum atomic E-state index is 4.25. The monoisotopic (exact) mass is 394 g/mol. The zero-order chi connectivity index (χ0) is 18.3. The van der Waals surface area contributed by atoms with Crippen LogP contribution in [0.5, 0.6) is 0 Å². The van der Waals surface area contributed by atoms with E-state index in [0.29, 0.717) is 6.42 Å². The van der Waals surface area contributed by atoms with Crippen molar-refractivity contribution in [2.24, 2.45) is 0 Å². The summed E-state index contributed by atoms with van der Waals surface area (Å²) < 4.78 is 0. The average molecular weight is 395 g/mol. The summed E-state index contributed by atoms with van der Waals surface area (Å²) in [5.74, 6) is 0. The number of nitrogens with zero attached hydrogens (tertiary/aromatic N) is 4. The van der Waals surface area contributed by atoms with E-state index < -0.39 is 0 Å². The van der Waals surface area contributed by atoms with Gasteiger partial charge in [-0.3, -0.25) is 0 Å². The molecule has 0 fully saturated rings. The summed E-state index contributed by atoms with van der Waals surface area (Å²) in [6.07, 6.45) is 0.648. The van der Waals surface area contributed by atoms with Crippen LogP contribution in [-0.4, -0.2) is 20.4 Å². The molecule has 0 amide bonds. The molecule has 4 rings (SSSR count). The molecule has 0 bridgehead atoms. The second-order valence-corrected chi connectivity index (χ2v) is 7.98. The third-order valence-corrected chi connectivity index (χ3v) is 5.57. The van der Waals surface area contributed by atoms with Crippen molar-refractivity contribution in [2.75, 3.05) is 10.6 Å². The summed E-state index contributed by atoms with van der Waals surface area (Å²) in [6.45, 7) is 1.48. The summed E-state index contributed by atoms with van der Waals surface area (Å²) in [7, 11) is 0. The van der Waals surface area contributed by atoms with E-state index in [-0.39, 0.29) is 0 Å². The molecule has 4 aromatic rings. The summed E-state index contributed by atoms with van der Waals surface area (Å²) in [5.41, 5.74) is 2.43. The fraction of sp³-hybridized carbons (Fsp3) is 0.158. The number of hydrogen-bond acceptors (Lipinski definition) is 8. The third kappa shape index (κ3) is 5.08. The van der Waals surface area contributed by atoms with E-state index in [0.717, 1.165) is 33.4 Å². The Morgan fingerprint density at radius 3 is 1.48 bits per heavy atom. The number of benzene rings is 2. The number of rotatable bonds is 8. The van der Waals surface area contributed by atoms with Crippen LogP contribution in [0, 0.1) is 0 Å². The molecule has 0 saturated heterocycles. The molecule has 0 unspecified atom stereocenters. The van der Waals surface area contributed by atoms with Crippen LogP contribution in [0.25, 0.3) is 0 Å². The lowest BCUT2D eigenvalue weighted by Gasteiger charge is -2.01. The van der Waals surface area contributed by atoms with Gasteiger partial charge >= 0.3 is 0 Å². The van der Waals surface area contributed by atoms with E-state index >= 15 is 0 Å². The Labute approximate surface area is 165 Å². The van der Waals surface area contributed by atoms with Crippen molar-refractivity contribution in [3.05, 3.63) is 81.8 Å². The summed E-state index contributed by atoms with van der Waals surface area (Å²) >= 11 is 3.10. The smallest absolute Gasteiger partial charge is 0.205 e. The number of nitrogens with one attached hydrogen (secondary N) is 2. The van der Waals surface area contributed by atoms with Crippen LogP contribution in [0.2, 0.25) is 0 Å². The van der Waals surface area contributed by atoms with Gasteiger partial charge < -0.3 is 10.6 Å². The zero-order valence-electron chi connectivity index (χ0n) is 14.5. The number of aromatic nitrogens is 4. The highest BCUT2D eigenvalue weighted by Crippen LogP contribution is 2.23. The molecule has 2 heterocycles. The van der Waals surface area contributed by atoms with Crippen molar-refractivity contribution in [1.29, 1.82) is 0 Å². The van der Waals surface area contributed by atoms with Gasteiger partial charge in [-0.1, -0.05) is 83.3 Å². The minimum Gasteiger partial charge on any atom is -0.356 e. The second kappa shape index (κ2) is 8.70. The minimum atomic E-state index is 0.648. The highest BCUT2D eigenvalue weighted by Gasteiger charge is 2.10. The minimum absolute atomic E-state index is 0.648. The van der Waals surface area contributed by atoms with Crippen molar-refractivity contribution < 1.29 is 0 Å². The van der Waals surface area contributed by atoms with Gasteiger partial charge in [0.2, 0.25) is 10.3 Å². The van der Waals surface area contributed by atoms with Gasteiger partial charge in [0.15, 0.2) is 0 Å². The fourth-order valence-electron chi connectivity index (χ4n) is 2.47. The Morgan fingerprint density at radius 2 is 1.04 bits per heavy atom. The molecular weight excluding hydrogens is 376 g/mol. The second-order valence-electron chi connectivity index (χ2n) is 5.86. The zero-order valence-corrected chi connectivity index (χ0v) is 16.1. The molecule has 136 valence electrons. The molecule has 0 radical (unpaired) electrons. The van der Waals surface area contributed by atoms with Crippen LogP contribution in [0.3, 0.4) is 0 Å². The maximum absolute atomic E-state index is 4.25. The largest absolute Gasteiger partial charge is 0.356 e. The molecule has 0 aliphatic carbocycles. The molecule has 2 N–H and O–H groups in total. The standard InChI is InChI=1S/C19H18N6S2/c1-3-7-14(8-4-1)12-20-18-24-22-16(26-18)11-17-23-25-19(27-17)21-13-15-9-5-2-6-10-15/h1-10H,11-13H2,(H,20,24)(H,21,25). The lowest BCUT2D eigenvalue weighted by molar-refractivity contribution is 0.952. The normalized spacial score (nSPS) is 10.7. The summed E-state index contributed by atoms with van der Waals surface area (Å²) in [4.78, 5) is 0. The third-order valence-electron chi connectivity index (χ3n) is 3.81. The molecule has 0 aliphatic rings. The van der Waals surface area contributed by atoms with E-state index in [9.17, 15) is 0 Å². The highest BCUT2D eigenvalue weighted by molar-refractivity contribution is 7.16. The van der Waals surface area contributed by atoms with Crippen LogP contribution in [-0.2, 0) is 19.5 Å². The Balaban J connectivity index is 1.29. The van der Waals surface area contributed by atoms with Gasteiger partial charge in [0.25, 0.3) is 0 Å². The molecule has 0 spiro atoms. The van der Waals surface area contributed by atoms with Crippen LogP contribution in [0.15, 0.2) is 60.7 Å². The van der Waals surface area contributed by atoms with Gasteiger partial charge in [-0.15, -0.1) is 20.4 Å². The van der Waals surface area contributed by atoms with Crippen LogP contribution >= 0.6 is 22.7 Å². The number of hydrogen-bond donors (Lipinski definition) is 2. The Hall–Kier alpha value is -2.84. The molecular formula is C19H18N6S2. The van der Waals surface area contributed by atoms with E-state index in [1.807, 2.05) is 36.4 Å². The molecule has 0 saturated carbocycles. The first-order chi connectivity index (χ1) is 13.3. The SMILES string of the molecule is c1ccc(CNc2nnc(Cc3nnc(NCc4ccccc4)s3)s2)cc1. The van der Waals surface area contributed by atoms with Gasteiger partial charge in [0.1, 0.15) is 10.0 Å². The first-order valence-electron chi connectivity index (χ1n) is 8.55. The Morgan fingerprint density at radius 1 is 0.593 bits per heavy atom. The number of anilines is 2. The van der Waals surface area contributed by atoms with Gasteiger partial charge in [-0.2, -0.15) is 0 Å². The van der Waals surface area contributed by atoms with E-state index in [1.54, 1.807) is 22.7 Å². The Kier molecular flexibility index (Phi) is 5.66. The molecule has 8 heteroatoms. The van der Waals surface area contributed by atoms with E-state index in [2.05, 4.69) is 55.3 Å². The lowest BCUT2D eigenvalue weighted by atomic mass is 10.2.